The third kappa shape index (κ3) is 3.26. The van der Waals surface area contributed by atoms with Crippen molar-refractivity contribution in [3.05, 3.63) is 34.1 Å². The average Bonchev–Trinajstić information content (AvgIpc) is 2.20. The first kappa shape index (κ1) is 14.1. The van der Waals surface area contributed by atoms with Crippen LogP contribution in [0.1, 0.15) is 25.5 Å². The van der Waals surface area contributed by atoms with Crippen LogP contribution in [0.25, 0.3) is 0 Å². The molecule has 17 heavy (non-hydrogen) atoms. The first-order valence-corrected chi connectivity index (χ1v) is 5.99. The largest absolute Gasteiger partial charge is 0.481 e. The molecule has 0 heterocycles. The summed E-state index contributed by atoms with van der Waals surface area (Å²) in [7, 11) is 0. The summed E-state index contributed by atoms with van der Waals surface area (Å²) in [6, 6.07) is 4.11. The van der Waals surface area contributed by atoms with Gasteiger partial charge in [-0.1, -0.05) is 19.9 Å². The van der Waals surface area contributed by atoms with Gasteiger partial charge in [0.05, 0.1) is 16.5 Å². The van der Waals surface area contributed by atoms with E-state index in [1.807, 2.05) is 0 Å². The predicted molar refractivity (Wildman–Crippen MR) is 65.0 cm³/mol. The van der Waals surface area contributed by atoms with Crippen LogP contribution in [-0.4, -0.2) is 16.2 Å². The van der Waals surface area contributed by atoms with Crippen LogP contribution < -0.4 is 0 Å². The summed E-state index contributed by atoms with van der Waals surface area (Å²) in [5.41, 5.74) is 0.270. The summed E-state index contributed by atoms with van der Waals surface area (Å²) >= 11 is 3.00. The summed E-state index contributed by atoms with van der Waals surface area (Å²) < 4.78 is 13.6. The fourth-order valence-electron chi connectivity index (χ4n) is 1.69. The predicted octanol–water partition coefficient (Wildman–Crippen LogP) is 2.98. The van der Waals surface area contributed by atoms with Crippen molar-refractivity contribution in [2.45, 2.75) is 20.0 Å². The molecule has 0 radical (unpaired) electrons. The van der Waals surface area contributed by atoms with Crippen LogP contribution in [-0.2, 0) is 4.79 Å². The SMILES string of the molecule is CC(C)C(C(=O)O)C(O)c1ccc(Br)c(F)c1. The van der Waals surface area contributed by atoms with E-state index in [4.69, 9.17) is 5.11 Å². The van der Waals surface area contributed by atoms with Crippen molar-refractivity contribution in [3.63, 3.8) is 0 Å². The molecule has 0 aromatic heterocycles. The van der Waals surface area contributed by atoms with Crippen LogP contribution in [0.4, 0.5) is 4.39 Å². The van der Waals surface area contributed by atoms with Crippen LogP contribution in [0, 0.1) is 17.7 Å². The van der Waals surface area contributed by atoms with Crippen LogP contribution >= 0.6 is 15.9 Å². The minimum absolute atomic E-state index is 0.241. The Labute approximate surface area is 107 Å². The molecule has 0 fully saturated rings. The van der Waals surface area contributed by atoms with Gasteiger partial charge in [0.15, 0.2) is 0 Å². The maximum atomic E-state index is 13.3. The molecule has 2 atom stereocenters. The number of aliphatic hydroxyl groups excluding tert-OH is 1. The van der Waals surface area contributed by atoms with E-state index in [0.717, 1.165) is 6.07 Å². The lowest BCUT2D eigenvalue weighted by Gasteiger charge is -2.22. The van der Waals surface area contributed by atoms with Gasteiger partial charge in [0.25, 0.3) is 0 Å². The molecule has 1 aromatic carbocycles. The van der Waals surface area contributed by atoms with Crippen molar-refractivity contribution in [1.29, 1.82) is 0 Å². The van der Waals surface area contributed by atoms with E-state index in [-0.39, 0.29) is 16.0 Å². The molecule has 0 spiro atoms. The van der Waals surface area contributed by atoms with Crippen molar-refractivity contribution in [2.75, 3.05) is 0 Å². The van der Waals surface area contributed by atoms with Crippen LogP contribution in [0.3, 0.4) is 0 Å². The Kier molecular flexibility index (Phi) is 4.65. The first-order valence-electron chi connectivity index (χ1n) is 5.20. The molecule has 5 heteroatoms. The number of carboxylic acid groups (broad SMARTS) is 1. The van der Waals surface area contributed by atoms with Gasteiger partial charge in [-0.2, -0.15) is 0 Å². The van der Waals surface area contributed by atoms with Gasteiger partial charge in [0.1, 0.15) is 5.82 Å². The molecule has 0 amide bonds. The molecule has 0 saturated heterocycles. The number of hydrogen-bond donors (Lipinski definition) is 2. The van der Waals surface area contributed by atoms with E-state index >= 15 is 0 Å². The van der Waals surface area contributed by atoms with Gasteiger partial charge in [-0.25, -0.2) is 4.39 Å². The molecule has 3 nitrogen and oxygen atoms in total. The van der Waals surface area contributed by atoms with Crippen molar-refractivity contribution in [3.8, 4) is 0 Å². The summed E-state index contributed by atoms with van der Waals surface area (Å²) in [6.45, 7) is 3.41. The molecular weight excluding hydrogens is 291 g/mol. The number of halogens is 2. The number of aliphatic hydroxyl groups is 1. The van der Waals surface area contributed by atoms with Gasteiger partial charge >= 0.3 is 5.97 Å². The Morgan fingerprint density at radius 3 is 2.41 bits per heavy atom. The lowest BCUT2D eigenvalue weighted by Crippen LogP contribution is -2.27. The molecule has 2 unspecified atom stereocenters. The van der Waals surface area contributed by atoms with E-state index in [1.54, 1.807) is 13.8 Å². The zero-order valence-electron chi connectivity index (χ0n) is 9.52. The zero-order valence-corrected chi connectivity index (χ0v) is 11.1. The standard InChI is InChI=1S/C12H14BrFO3/c1-6(2)10(12(16)17)11(15)7-3-4-8(13)9(14)5-7/h3-6,10-11,15H,1-2H3,(H,16,17). The molecule has 1 rings (SSSR count). The van der Waals surface area contributed by atoms with Crippen molar-refractivity contribution >= 4 is 21.9 Å². The van der Waals surface area contributed by atoms with E-state index in [9.17, 15) is 14.3 Å². The van der Waals surface area contributed by atoms with Gasteiger partial charge in [-0.3, -0.25) is 4.79 Å². The first-order chi connectivity index (χ1) is 7.84. The lowest BCUT2D eigenvalue weighted by molar-refractivity contribution is -0.148. The number of carboxylic acids is 1. The summed E-state index contributed by atoms with van der Waals surface area (Å²) in [5.74, 6) is -2.80. The maximum Gasteiger partial charge on any atom is 0.309 e. The highest BCUT2D eigenvalue weighted by molar-refractivity contribution is 9.10. The highest BCUT2D eigenvalue weighted by Crippen LogP contribution is 2.30. The number of benzene rings is 1. The van der Waals surface area contributed by atoms with Crippen LogP contribution in [0.15, 0.2) is 22.7 Å². The number of hydrogen-bond acceptors (Lipinski definition) is 2. The highest BCUT2D eigenvalue weighted by Gasteiger charge is 2.31. The third-order valence-electron chi connectivity index (χ3n) is 2.63. The van der Waals surface area contributed by atoms with Crippen molar-refractivity contribution in [1.82, 2.24) is 0 Å². The highest BCUT2D eigenvalue weighted by atomic mass is 79.9. The van der Waals surface area contributed by atoms with E-state index in [1.165, 1.54) is 12.1 Å². The maximum absolute atomic E-state index is 13.3. The average molecular weight is 305 g/mol. The molecule has 0 aliphatic rings. The van der Waals surface area contributed by atoms with E-state index < -0.39 is 23.8 Å². The molecule has 94 valence electrons. The second-order valence-electron chi connectivity index (χ2n) is 4.23. The monoisotopic (exact) mass is 304 g/mol. The molecule has 0 bridgehead atoms. The van der Waals surface area contributed by atoms with Gasteiger partial charge in [-0.05, 0) is 39.5 Å². The molecule has 0 saturated carbocycles. The minimum atomic E-state index is -1.21. The Morgan fingerprint density at radius 1 is 1.41 bits per heavy atom. The van der Waals surface area contributed by atoms with Crippen LogP contribution in [0.2, 0.25) is 0 Å². The summed E-state index contributed by atoms with van der Waals surface area (Å²) in [4.78, 5) is 11.0. The van der Waals surface area contributed by atoms with Crippen molar-refractivity contribution in [2.24, 2.45) is 11.8 Å². The Bertz CT molecular complexity index is 420. The topological polar surface area (TPSA) is 57.5 Å². The number of rotatable bonds is 4. The normalized spacial score (nSPS) is 14.7. The second-order valence-corrected chi connectivity index (χ2v) is 5.08. The number of aliphatic carboxylic acids is 1. The smallest absolute Gasteiger partial charge is 0.309 e. The Balaban J connectivity index is 3.05. The molecule has 2 N–H and O–H groups in total. The van der Waals surface area contributed by atoms with Gasteiger partial charge in [-0.15, -0.1) is 0 Å². The van der Waals surface area contributed by atoms with Gasteiger partial charge in [0, 0.05) is 0 Å². The fraction of sp³-hybridized carbons (Fsp3) is 0.417. The van der Waals surface area contributed by atoms with E-state index in [2.05, 4.69) is 15.9 Å². The Morgan fingerprint density at radius 2 is 2.00 bits per heavy atom. The summed E-state index contributed by atoms with van der Waals surface area (Å²) in [5, 5.41) is 19.0. The second kappa shape index (κ2) is 5.60. The van der Waals surface area contributed by atoms with Gasteiger partial charge < -0.3 is 10.2 Å². The number of carbonyl (C=O) groups is 1. The van der Waals surface area contributed by atoms with E-state index in [0.29, 0.717) is 0 Å². The molecule has 0 aliphatic heterocycles. The third-order valence-corrected chi connectivity index (χ3v) is 3.27. The molecular formula is C12H14BrFO3. The zero-order chi connectivity index (χ0) is 13.2. The van der Waals surface area contributed by atoms with Crippen molar-refractivity contribution < 1.29 is 19.4 Å². The lowest BCUT2D eigenvalue weighted by atomic mass is 9.86. The molecule has 1 aromatic rings. The molecule has 0 aliphatic carbocycles. The quantitative estimate of drug-likeness (QED) is 0.899. The van der Waals surface area contributed by atoms with Crippen LogP contribution in [0.5, 0.6) is 0 Å². The fourth-order valence-corrected chi connectivity index (χ4v) is 1.94. The minimum Gasteiger partial charge on any atom is -0.481 e. The van der Waals surface area contributed by atoms with Gasteiger partial charge in [0.2, 0.25) is 0 Å². The summed E-state index contributed by atoms with van der Waals surface area (Å²) in [6.07, 6.45) is -1.21. The Hall–Kier alpha value is -0.940.